The third kappa shape index (κ3) is 3.02. The summed E-state index contributed by atoms with van der Waals surface area (Å²) in [4.78, 5) is 10.2. The first-order valence-electron chi connectivity index (χ1n) is 8.60. The van der Waals surface area contributed by atoms with Gasteiger partial charge in [-0.3, -0.25) is 9.88 Å². The number of hydrogen-bond donors (Lipinski definition) is 1. The summed E-state index contributed by atoms with van der Waals surface area (Å²) in [5, 5.41) is 1.28. The third-order valence-electron chi connectivity index (χ3n) is 5.04. The number of fused-ring (bicyclic) bond motifs is 1. The molecule has 0 spiro atoms. The lowest BCUT2D eigenvalue weighted by Crippen LogP contribution is -2.30. The van der Waals surface area contributed by atoms with E-state index in [2.05, 4.69) is 39.3 Å². The molecule has 3 heterocycles. The molecule has 2 aromatic heterocycles. The maximum absolute atomic E-state index is 5.39. The highest BCUT2D eigenvalue weighted by molar-refractivity contribution is 5.84. The molecular formula is C20H23N3O. The predicted octanol–water partition coefficient (Wildman–Crippen LogP) is 3.78. The van der Waals surface area contributed by atoms with Crippen LogP contribution in [0.25, 0.3) is 10.9 Å². The molecule has 1 fully saturated rings. The number of nitrogens with zero attached hydrogens (tertiary/aromatic N) is 2. The molecule has 1 atom stereocenters. The Labute approximate surface area is 142 Å². The van der Waals surface area contributed by atoms with Crippen molar-refractivity contribution in [2.75, 3.05) is 13.7 Å². The molecule has 1 N–H and O–H groups in total. The molecule has 1 saturated heterocycles. The number of H-pyrrole nitrogens is 1. The van der Waals surface area contributed by atoms with Crippen molar-refractivity contribution in [3.8, 4) is 5.75 Å². The minimum absolute atomic E-state index is 0.593. The van der Waals surface area contributed by atoms with Crippen LogP contribution in [0.15, 0.2) is 48.9 Å². The molecule has 4 nitrogen and oxygen atoms in total. The molecule has 0 unspecified atom stereocenters. The molecule has 24 heavy (non-hydrogen) atoms. The van der Waals surface area contributed by atoms with E-state index in [0.29, 0.717) is 6.04 Å². The van der Waals surface area contributed by atoms with E-state index in [1.54, 1.807) is 7.11 Å². The second kappa shape index (κ2) is 6.65. The Hall–Kier alpha value is -2.33. The van der Waals surface area contributed by atoms with Crippen LogP contribution in [0.2, 0.25) is 0 Å². The van der Waals surface area contributed by atoms with Gasteiger partial charge < -0.3 is 9.72 Å². The van der Waals surface area contributed by atoms with Gasteiger partial charge in [-0.05, 0) is 61.2 Å². The van der Waals surface area contributed by atoms with Crippen molar-refractivity contribution < 1.29 is 4.74 Å². The van der Waals surface area contributed by atoms with Gasteiger partial charge in [-0.1, -0.05) is 6.07 Å². The van der Waals surface area contributed by atoms with Crippen molar-refractivity contribution in [1.82, 2.24) is 14.9 Å². The number of ether oxygens (including phenoxy) is 1. The average molecular weight is 321 g/mol. The van der Waals surface area contributed by atoms with Gasteiger partial charge in [0.05, 0.1) is 7.11 Å². The lowest BCUT2D eigenvalue weighted by atomic mass is 10.0. The molecule has 4 heteroatoms. The first-order valence-corrected chi connectivity index (χ1v) is 8.60. The Balaban J connectivity index is 1.53. The summed E-state index contributed by atoms with van der Waals surface area (Å²) >= 11 is 0. The van der Waals surface area contributed by atoms with Crippen molar-refractivity contribution in [1.29, 1.82) is 0 Å². The number of rotatable bonds is 5. The Morgan fingerprint density at radius 3 is 3.12 bits per heavy atom. The molecule has 124 valence electrons. The van der Waals surface area contributed by atoms with Crippen LogP contribution in [-0.4, -0.2) is 34.6 Å². The molecule has 0 bridgehead atoms. The van der Waals surface area contributed by atoms with Crippen molar-refractivity contribution in [3.05, 3.63) is 60.0 Å². The summed E-state index contributed by atoms with van der Waals surface area (Å²) in [6.07, 6.45) is 9.59. The first-order chi connectivity index (χ1) is 11.8. The summed E-state index contributed by atoms with van der Waals surface area (Å²) < 4.78 is 5.39. The zero-order valence-corrected chi connectivity index (χ0v) is 14.0. The van der Waals surface area contributed by atoms with Crippen LogP contribution in [-0.2, 0) is 13.0 Å². The number of methoxy groups -OCH3 is 1. The molecule has 1 aliphatic heterocycles. The highest BCUT2D eigenvalue weighted by Crippen LogP contribution is 2.28. The predicted molar refractivity (Wildman–Crippen MR) is 96.2 cm³/mol. The molecule has 0 radical (unpaired) electrons. The van der Waals surface area contributed by atoms with Crippen LogP contribution < -0.4 is 4.74 Å². The SMILES string of the molecule is COc1ccc2[nH]cc(C[C@H]3CCCN3Cc3cccnc3)c2c1. The number of aromatic amines is 1. The van der Waals surface area contributed by atoms with Crippen LogP contribution in [0, 0.1) is 0 Å². The molecule has 0 aliphatic carbocycles. The molecular weight excluding hydrogens is 298 g/mol. The number of nitrogens with one attached hydrogen (secondary N) is 1. The van der Waals surface area contributed by atoms with E-state index >= 15 is 0 Å². The maximum Gasteiger partial charge on any atom is 0.119 e. The molecule has 1 aromatic carbocycles. The van der Waals surface area contributed by atoms with E-state index < -0.39 is 0 Å². The van der Waals surface area contributed by atoms with Crippen molar-refractivity contribution in [2.45, 2.75) is 31.8 Å². The molecule has 0 amide bonds. The minimum atomic E-state index is 0.593. The number of likely N-dealkylation sites (tertiary alicyclic amines) is 1. The molecule has 1 aliphatic rings. The van der Waals surface area contributed by atoms with Gasteiger partial charge in [0.1, 0.15) is 5.75 Å². The third-order valence-corrected chi connectivity index (χ3v) is 5.04. The lowest BCUT2D eigenvalue weighted by molar-refractivity contribution is 0.244. The second-order valence-electron chi connectivity index (χ2n) is 6.56. The summed E-state index contributed by atoms with van der Waals surface area (Å²) in [5.74, 6) is 0.919. The first kappa shape index (κ1) is 15.2. The fraction of sp³-hybridized carbons (Fsp3) is 0.350. The number of aromatic nitrogens is 2. The van der Waals surface area contributed by atoms with Gasteiger partial charge >= 0.3 is 0 Å². The van der Waals surface area contributed by atoms with Crippen molar-refractivity contribution >= 4 is 10.9 Å². The highest BCUT2D eigenvalue weighted by Gasteiger charge is 2.25. The van der Waals surface area contributed by atoms with Crippen LogP contribution in [0.1, 0.15) is 24.0 Å². The van der Waals surface area contributed by atoms with Gasteiger partial charge in [0.2, 0.25) is 0 Å². The average Bonchev–Trinajstić information content (AvgIpc) is 3.23. The zero-order chi connectivity index (χ0) is 16.4. The minimum Gasteiger partial charge on any atom is -0.497 e. The second-order valence-corrected chi connectivity index (χ2v) is 6.56. The fourth-order valence-corrected chi connectivity index (χ4v) is 3.77. The zero-order valence-electron chi connectivity index (χ0n) is 14.0. The number of benzene rings is 1. The molecule has 4 rings (SSSR count). The monoisotopic (exact) mass is 321 g/mol. The van der Waals surface area contributed by atoms with E-state index in [-0.39, 0.29) is 0 Å². The summed E-state index contributed by atoms with van der Waals surface area (Å²) in [7, 11) is 1.72. The Bertz CT molecular complexity index is 812. The largest absolute Gasteiger partial charge is 0.497 e. The van der Waals surface area contributed by atoms with Crippen LogP contribution in [0.3, 0.4) is 0 Å². The number of hydrogen-bond acceptors (Lipinski definition) is 3. The van der Waals surface area contributed by atoms with Crippen LogP contribution >= 0.6 is 0 Å². The van der Waals surface area contributed by atoms with Gasteiger partial charge in [-0.15, -0.1) is 0 Å². The fourth-order valence-electron chi connectivity index (χ4n) is 3.77. The highest BCUT2D eigenvalue weighted by atomic mass is 16.5. The van der Waals surface area contributed by atoms with Gasteiger partial charge in [0.25, 0.3) is 0 Å². The molecule has 3 aromatic rings. The normalized spacial score (nSPS) is 18.3. The van der Waals surface area contributed by atoms with Crippen LogP contribution in [0.4, 0.5) is 0 Å². The van der Waals surface area contributed by atoms with Gasteiger partial charge in [-0.2, -0.15) is 0 Å². The van der Waals surface area contributed by atoms with Crippen molar-refractivity contribution in [2.24, 2.45) is 0 Å². The quantitative estimate of drug-likeness (QED) is 0.777. The summed E-state index contributed by atoms with van der Waals surface area (Å²) in [6.45, 7) is 2.16. The lowest BCUT2D eigenvalue weighted by Gasteiger charge is -2.24. The Kier molecular flexibility index (Phi) is 4.22. The van der Waals surface area contributed by atoms with Gasteiger partial charge in [0.15, 0.2) is 0 Å². The van der Waals surface area contributed by atoms with E-state index in [0.717, 1.165) is 18.7 Å². The van der Waals surface area contributed by atoms with Gasteiger partial charge in [-0.25, -0.2) is 0 Å². The van der Waals surface area contributed by atoms with E-state index in [1.165, 1.54) is 41.4 Å². The Morgan fingerprint density at radius 1 is 1.33 bits per heavy atom. The maximum atomic E-state index is 5.39. The molecule has 0 saturated carbocycles. The van der Waals surface area contributed by atoms with Crippen LogP contribution in [0.5, 0.6) is 5.75 Å². The smallest absolute Gasteiger partial charge is 0.119 e. The summed E-state index contributed by atoms with van der Waals surface area (Å²) in [5.41, 5.74) is 3.86. The van der Waals surface area contributed by atoms with E-state index in [1.807, 2.05) is 24.5 Å². The van der Waals surface area contributed by atoms with E-state index in [4.69, 9.17) is 4.74 Å². The van der Waals surface area contributed by atoms with Crippen molar-refractivity contribution in [3.63, 3.8) is 0 Å². The van der Waals surface area contributed by atoms with E-state index in [9.17, 15) is 0 Å². The Morgan fingerprint density at radius 2 is 2.29 bits per heavy atom. The topological polar surface area (TPSA) is 41.1 Å². The van der Waals surface area contributed by atoms with Gasteiger partial charge in [0, 0.05) is 42.1 Å². The standard InChI is InChI=1S/C20H23N3O/c1-24-18-6-7-20-19(11-18)16(13-22-20)10-17-5-3-9-23(17)14-15-4-2-8-21-12-15/h2,4,6-8,11-13,17,22H,3,5,9-10,14H2,1H3/t17-/m1/s1. The summed E-state index contributed by atoms with van der Waals surface area (Å²) in [6, 6.07) is 11.0. The number of pyridine rings is 1.